The van der Waals surface area contributed by atoms with Crippen LogP contribution in [0, 0.1) is 34.1 Å². The van der Waals surface area contributed by atoms with Crippen molar-refractivity contribution in [1.82, 2.24) is 24.9 Å². The van der Waals surface area contributed by atoms with Crippen LogP contribution in [0.1, 0.15) is 30.8 Å². The van der Waals surface area contributed by atoms with E-state index in [1.54, 1.807) is 20.8 Å². The molecule has 1 N–H and O–H groups in total. The van der Waals surface area contributed by atoms with Gasteiger partial charge in [-0.15, -0.1) is 0 Å². The van der Waals surface area contributed by atoms with Crippen molar-refractivity contribution in [3.8, 4) is 0 Å². The molecule has 12 heteroatoms. The van der Waals surface area contributed by atoms with Crippen molar-refractivity contribution in [3.05, 3.63) is 43.7 Å². The van der Waals surface area contributed by atoms with Gasteiger partial charge in [0, 0.05) is 6.54 Å². The van der Waals surface area contributed by atoms with Crippen molar-refractivity contribution < 1.29 is 14.6 Å². The molecule has 1 atom stereocenters. The maximum Gasteiger partial charge on any atom is 0.390 e. The van der Waals surface area contributed by atoms with E-state index in [1.807, 2.05) is 0 Å². The summed E-state index contributed by atoms with van der Waals surface area (Å²) in [5.74, 6) is -0.902. The van der Waals surface area contributed by atoms with E-state index in [4.69, 9.17) is 0 Å². The maximum atomic E-state index is 12.4. The van der Waals surface area contributed by atoms with E-state index in [-0.39, 0.29) is 30.6 Å². The van der Waals surface area contributed by atoms with Crippen LogP contribution in [0.25, 0.3) is 0 Å². The van der Waals surface area contributed by atoms with Gasteiger partial charge in [-0.25, -0.2) is 0 Å². The summed E-state index contributed by atoms with van der Waals surface area (Å²) in [6.45, 7) is 5.57. The van der Waals surface area contributed by atoms with Crippen LogP contribution in [-0.4, -0.2) is 41.9 Å². The first-order valence-electron chi connectivity index (χ1n) is 7.91. The number of nitrogens with one attached hydrogen (secondary N) is 1. The summed E-state index contributed by atoms with van der Waals surface area (Å²) in [6, 6.07) is 1.97. The van der Waals surface area contributed by atoms with E-state index in [9.17, 15) is 25.0 Å². The number of carbonyl (C=O) groups excluding carboxylic acids is 1. The fourth-order valence-corrected chi connectivity index (χ4v) is 2.56. The van der Waals surface area contributed by atoms with Gasteiger partial charge >= 0.3 is 11.6 Å². The monoisotopic (exact) mass is 365 g/mol. The zero-order valence-electron chi connectivity index (χ0n) is 14.6. The normalized spacial score (nSPS) is 12.0. The summed E-state index contributed by atoms with van der Waals surface area (Å²) in [6.07, 6.45) is 0.401. The van der Waals surface area contributed by atoms with Crippen molar-refractivity contribution in [1.29, 1.82) is 0 Å². The smallest absolute Gasteiger partial charge is 0.358 e. The second-order valence-electron chi connectivity index (χ2n) is 5.68. The molecule has 26 heavy (non-hydrogen) atoms. The number of hydrogen-bond acceptors (Lipinski definition) is 7. The predicted octanol–water partition coefficient (Wildman–Crippen LogP) is 1.28. The lowest BCUT2D eigenvalue weighted by molar-refractivity contribution is -0.390. The lowest BCUT2D eigenvalue weighted by atomic mass is 10.2. The van der Waals surface area contributed by atoms with Crippen LogP contribution in [0.2, 0.25) is 0 Å². The van der Waals surface area contributed by atoms with Gasteiger partial charge in [0.1, 0.15) is 0 Å². The van der Waals surface area contributed by atoms with E-state index in [0.29, 0.717) is 17.8 Å². The minimum Gasteiger partial charge on any atom is -0.358 e. The van der Waals surface area contributed by atoms with Crippen molar-refractivity contribution in [2.45, 2.75) is 39.8 Å². The number of aryl methyl sites for hydroxylation is 2. The molecule has 2 heterocycles. The third kappa shape index (κ3) is 4.02. The van der Waals surface area contributed by atoms with Gasteiger partial charge in [0.15, 0.2) is 6.04 Å². The molecule has 0 aromatic carbocycles. The fourth-order valence-electron chi connectivity index (χ4n) is 2.56. The molecule has 0 radical (unpaired) electrons. The Bertz CT molecular complexity index is 841. The molecule has 12 nitrogen and oxygen atoms in total. The first-order valence-corrected chi connectivity index (χ1v) is 7.91. The van der Waals surface area contributed by atoms with E-state index in [0.717, 1.165) is 0 Å². The number of nitro groups is 2. The minimum atomic E-state index is -0.684. The van der Waals surface area contributed by atoms with Gasteiger partial charge in [-0.1, -0.05) is 6.92 Å². The van der Waals surface area contributed by atoms with E-state index in [2.05, 4.69) is 15.5 Å². The number of nitrogens with zero attached hydrogens (tertiary/aromatic N) is 6. The van der Waals surface area contributed by atoms with Crippen LogP contribution in [0.15, 0.2) is 12.1 Å². The quantitative estimate of drug-likeness (QED) is 0.546. The van der Waals surface area contributed by atoms with Crippen LogP contribution in [0.5, 0.6) is 0 Å². The summed E-state index contributed by atoms with van der Waals surface area (Å²) in [5, 5.41) is 32.0. The molecule has 0 saturated heterocycles. The molecule has 1 unspecified atom stereocenters. The molecular weight excluding hydrogens is 346 g/mol. The van der Waals surface area contributed by atoms with Gasteiger partial charge < -0.3 is 25.5 Å². The highest BCUT2D eigenvalue weighted by Crippen LogP contribution is 2.18. The third-order valence-corrected chi connectivity index (χ3v) is 3.86. The molecule has 0 bridgehead atoms. The molecule has 1 amide bonds. The molecule has 0 aliphatic carbocycles. The molecule has 0 aliphatic rings. The van der Waals surface area contributed by atoms with Crippen molar-refractivity contribution in [2.75, 3.05) is 6.54 Å². The Morgan fingerprint density at radius 2 is 1.73 bits per heavy atom. The van der Waals surface area contributed by atoms with E-state index < -0.39 is 15.9 Å². The highest BCUT2D eigenvalue weighted by molar-refractivity contribution is 5.80. The fraction of sp³-hybridized carbons (Fsp3) is 0.500. The Kier molecular flexibility index (Phi) is 5.64. The molecular formula is C14H19N7O5. The van der Waals surface area contributed by atoms with Gasteiger partial charge in [0.25, 0.3) is 0 Å². The van der Waals surface area contributed by atoms with Gasteiger partial charge in [-0.05, 0) is 30.1 Å². The van der Waals surface area contributed by atoms with Crippen LogP contribution in [0.3, 0.4) is 0 Å². The van der Waals surface area contributed by atoms with E-state index >= 15 is 0 Å². The Hall–Kier alpha value is -3.31. The summed E-state index contributed by atoms with van der Waals surface area (Å²) >= 11 is 0. The average Bonchev–Trinajstić information content (AvgIpc) is 3.12. The summed E-state index contributed by atoms with van der Waals surface area (Å²) in [4.78, 5) is 32.8. The molecule has 0 saturated carbocycles. The lowest BCUT2D eigenvalue weighted by Crippen LogP contribution is -2.35. The maximum absolute atomic E-state index is 12.4. The van der Waals surface area contributed by atoms with Gasteiger partial charge in [0.2, 0.25) is 5.91 Å². The largest absolute Gasteiger partial charge is 0.390 e. The first kappa shape index (κ1) is 19.0. The Balaban J connectivity index is 2.01. The molecule has 140 valence electrons. The van der Waals surface area contributed by atoms with Gasteiger partial charge in [0.05, 0.1) is 40.3 Å². The summed E-state index contributed by atoms with van der Waals surface area (Å²) in [5.41, 5.74) is 1.12. The third-order valence-electron chi connectivity index (χ3n) is 3.86. The van der Waals surface area contributed by atoms with E-state index in [1.165, 1.54) is 21.5 Å². The number of aromatic nitrogens is 4. The minimum absolute atomic E-state index is 0.206. The topological polar surface area (TPSA) is 151 Å². The number of rotatable bonds is 8. The number of amides is 1. The zero-order chi connectivity index (χ0) is 19.4. The SMILES string of the molecule is CCC(C(=O)NCCn1nc([N+](=O)[O-])cc1C)n1nc([N+](=O)[O-])cc1C. The Labute approximate surface area is 148 Å². The van der Waals surface area contributed by atoms with Crippen molar-refractivity contribution in [3.63, 3.8) is 0 Å². The molecule has 0 aliphatic heterocycles. The highest BCUT2D eigenvalue weighted by atomic mass is 16.6. The standard InChI is InChI=1S/C14H19N7O5/c1-4-11(19-10(3)8-13(17-19)21(25)26)14(22)15-5-6-18-9(2)7-12(16-18)20(23)24/h7-8,11H,4-6H2,1-3H3,(H,15,22). The zero-order valence-corrected chi connectivity index (χ0v) is 14.6. The molecule has 0 fully saturated rings. The molecule has 0 spiro atoms. The molecule has 2 aromatic rings. The summed E-state index contributed by atoms with van der Waals surface area (Å²) in [7, 11) is 0. The average molecular weight is 365 g/mol. The number of hydrogen-bond donors (Lipinski definition) is 1. The van der Waals surface area contributed by atoms with Crippen LogP contribution >= 0.6 is 0 Å². The first-order chi connectivity index (χ1) is 12.2. The summed E-state index contributed by atoms with van der Waals surface area (Å²) < 4.78 is 2.76. The Morgan fingerprint density at radius 1 is 1.15 bits per heavy atom. The second-order valence-corrected chi connectivity index (χ2v) is 5.68. The second kappa shape index (κ2) is 7.72. The lowest BCUT2D eigenvalue weighted by Gasteiger charge is -2.14. The van der Waals surface area contributed by atoms with Crippen LogP contribution in [0.4, 0.5) is 11.6 Å². The van der Waals surface area contributed by atoms with Crippen LogP contribution < -0.4 is 5.32 Å². The molecule has 2 aromatic heterocycles. The predicted molar refractivity (Wildman–Crippen MR) is 89.6 cm³/mol. The Morgan fingerprint density at radius 3 is 2.23 bits per heavy atom. The van der Waals surface area contributed by atoms with Gasteiger partial charge in [-0.3, -0.25) is 4.79 Å². The highest BCUT2D eigenvalue weighted by Gasteiger charge is 2.27. The molecule has 2 rings (SSSR count). The number of carbonyl (C=O) groups is 1. The van der Waals surface area contributed by atoms with Crippen LogP contribution in [-0.2, 0) is 11.3 Å². The van der Waals surface area contributed by atoms with Gasteiger partial charge in [-0.2, -0.15) is 9.36 Å². The van der Waals surface area contributed by atoms with Crippen molar-refractivity contribution in [2.24, 2.45) is 0 Å². The van der Waals surface area contributed by atoms with Crippen molar-refractivity contribution >= 4 is 17.5 Å².